The van der Waals surface area contributed by atoms with Gasteiger partial charge in [0.25, 0.3) is 0 Å². The third-order valence-electron chi connectivity index (χ3n) is 6.99. The van der Waals surface area contributed by atoms with Crippen LogP contribution in [-0.2, 0) is 34.8 Å². The van der Waals surface area contributed by atoms with Crippen LogP contribution in [0.4, 0.5) is 32.2 Å². The molecule has 45 heavy (non-hydrogen) atoms. The van der Waals surface area contributed by atoms with Gasteiger partial charge in [-0.3, -0.25) is 0 Å². The molecule has 1 aromatic heterocycles. The van der Waals surface area contributed by atoms with Crippen molar-refractivity contribution in [2.45, 2.75) is 58.6 Å². The number of halogens is 6. The molecule has 0 aliphatic carbocycles. The molecule has 4 rings (SSSR count). The fraction of sp³-hybridized carbons (Fsp3) is 0.294. The van der Waals surface area contributed by atoms with Gasteiger partial charge in [-0.1, -0.05) is 42.5 Å². The quantitative estimate of drug-likeness (QED) is 0.140. The molecule has 0 saturated carbocycles. The number of pyridine rings is 1. The van der Waals surface area contributed by atoms with Crippen LogP contribution in [0, 0.1) is 6.92 Å². The number of anilines is 1. The first-order valence-corrected chi connectivity index (χ1v) is 14.1. The molecule has 0 fully saturated rings. The second-order valence-electron chi connectivity index (χ2n) is 10.9. The first-order valence-electron chi connectivity index (χ1n) is 14.1. The van der Waals surface area contributed by atoms with Crippen molar-refractivity contribution in [3.05, 3.63) is 112 Å². The molecule has 0 spiro atoms. The van der Waals surface area contributed by atoms with Gasteiger partial charge in [0.1, 0.15) is 11.6 Å². The van der Waals surface area contributed by atoms with E-state index in [-0.39, 0.29) is 13.0 Å². The van der Waals surface area contributed by atoms with E-state index in [0.29, 0.717) is 40.5 Å². The van der Waals surface area contributed by atoms with Crippen LogP contribution in [0.2, 0.25) is 0 Å². The molecule has 1 heterocycles. The minimum atomic E-state index is -4.47. The van der Waals surface area contributed by atoms with E-state index >= 15 is 0 Å². The summed E-state index contributed by atoms with van der Waals surface area (Å²) >= 11 is 0. The summed E-state index contributed by atoms with van der Waals surface area (Å²) in [7, 11) is 0. The number of aromatic nitrogens is 1. The number of benzene rings is 3. The summed E-state index contributed by atoms with van der Waals surface area (Å²) in [4.78, 5) is 16.9. The molecule has 0 bridgehead atoms. The number of nitrogens with zero attached hydrogens (tertiary/aromatic N) is 1. The lowest BCUT2D eigenvalue weighted by Crippen LogP contribution is -2.39. The van der Waals surface area contributed by atoms with Crippen molar-refractivity contribution in [2.24, 2.45) is 0 Å². The zero-order chi connectivity index (χ0) is 33.0. The summed E-state index contributed by atoms with van der Waals surface area (Å²) in [6.07, 6.45) is -8.67. The first kappa shape index (κ1) is 33.4. The van der Waals surface area contributed by atoms with Gasteiger partial charge in [-0.15, -0.1) is 0 Å². The van der Waals surface area contributed by atoms with E-state index in [1.807, 2.05) is 19.1 Å². The van der Waals surface area contributed by atoms with Crippen LogP contribution in [0.15, 0.2) is 78.9 Å². The lowest BCUT2D eigenvalue weighted by atomic mass is 10.0. The van der Waals surface area contributed by atoms with Crippen LogP contribution in [0.1, 0.15) is 54.2 Å². The van der Waals surface area contributed by atoms with Crippen LogP contribution in [0.25, 0.3) is 11.3 Å². The molecular weight excluding hydrogens is 598 g/mol. The summed E-state index contributed by atoms with van der Waals surface area (Å²) < 4.78 is 89.4. The minimum Gasteiger partial charge on any atom is -0.476 e. The van der Waals surface area contributed by atoms with E-state index in [2.05, 4.69) is 10.3 Å². The first-order chi connectivity index (χ1) is 21.1. The molecular formula is C34H32F6N2O3. The lowest BCUT2D eigenvalue weighted by Gasteiger charge is -2.25. The lowest BCUT2D eigenvalue weighted by molar-refractivity contribution is -0.158. The minimum absolute atomic E-state index is 0.226. The van der Waals surface area contributed by atoms with E-state index in [4.69, 9.17) is 9.47 Å². The fourth-order valence-corrected chi connectivity index (χ4v) is 4.55. The Bertz CT molecular complexity index is 1630. The van der Waals surface area contributed by atoms with Gasteiger partial charge in [0.05, 0.1) is 23.4 Å². The SMILES string of the molecule is CCOC(=O)C(C)(C)Oc1ccc(CNc2nc(-c3ccc(C(F)(F)F)cc3)ccc2Cc2ccc(C(F)(F)F)cc2)cc1C. The molecule has 11 heteroatoms. The number of nitrogens with one attached hydrogen (secondary N) is 1. The number of aryl methyl sites for hydroxylation is 1. The third kappa shape index (κ3) is 8.55. The van der Waals surface area contributed by atoms with Crippen LogP contribution >= 0.6 is 0 Å². The van der Waals surface area contributed by atoms with Crippen LogP contribution in [0.3, 0.4) is 0 Å². The number of carbonyl (C=O) groups excluding carboxylic acids is 1. The number of esters is 1. The van der Waals surface area contributed by atoms with E-state index in [9.17, 15) is 31.1 Å². The standard InChI is InChI=1S/C34H32F6N2O3/c1-5-44-31(43)32(3,4)45-29-17-8-23(18-21(29)2)20-41-30-25(19-22-6-12-26(13-7-22)33(35,36)37)11-16-28(42-30)24-9-14-27(15-10-24)34(38,39)40/h6-18H,5,19-20H2,1-4H3,(H,41,42). The Labute approximate surface area is 257 Å². The normalized spacial score (nSPS) is 12.1. The van der Waals surface area contributed by atoms with Crippen molar-refractivity contribution in [1.29, 1.82) is 0 Å². The third-order valence-corrected chi connectivity index (χ3v) is 6.99. The van der Waals surface area contributed by atoms with Crippen LogP contribution in [-0.4, -0.2) is 23.2 Å². The van der Waals surface area contributed by atoms with Gasteiger partial charge in [-0.2, -0.15) is 26.3 Å². The highest BCUT2D eigenvalue weighted by molar-refractivity contribution is 5.79. The molecule has 0 amide bonds. The van der Waals surface area contributed by atoms with Crippen LogP contribution < -0.4 is 10.1 Å². The molecule has 0 aliphatic heterocycles. The molecule has 4 aromatic rings. The monoisotopic (exact) mass is 630 g/mol. The van der Waals surface area contributed by atoms with Crippen LogP contribution in [0.5, 0.6) is 5.75 Å². The highest BCUT2D eigenvalue weighted by Crippen LogP contribution is 2.33. The van der Waals surface area contributed by atoms with Gasteiger partial charge in [-0.25, -0.2) is 9.78 Å². The van der Waals surface area contributed by atoms with E-state index < -0.39 is 35.0 Å². The second kappa shape index (κ2) is 13.2. The van der Waals surface area contributed by atoms with Gasteiger partial charge >= 0.3 is 18.3 Å². The van der Waals surface area contributed by atoms with E-state index in [0.717, 1.165) is 35.4 Å². The van der Waals surface area contributed by atoms with Gasteiger partial charge in [0.15, 0.2) is 5.60 Å². The van der Waals surface area contributed by atoms with Crippen molar-refractivity contribution in [3.63, 3.8) is 0 Å². The summed E-state index contributed by atoms with van der Waals surface area (Å²) in [6, 6.07) is 18.3. The molecule has 0 aliphatic rings. The Morgan fingerprint density at radius 3 is 1.93 bits per heavy atom. The predicted octanol–water partition coefficient (Wildman–Crippen LogP) is 9.02. The second-order valence-corrected chi connectivity index (χ2v) is 10.9. The molecule has 238 valence electrons. The van der Waals surface area contributed by atoms with Crippen molar-refractivity contribution in [2.75, 3.05) is 11.9 Å². The zero-order valence-electron chi connectivity index (χ0n) is 25.1. The summed E-state index contributed by atoms with van der Waals surface area (Å²) in [5, 5.41) is 3.28. The Hall–Kier alpha value is -4.54. The van der Waals surface area contributed by atoms with Gasteiger partial charge < -0.3 is 14.8 Å². The molecule has 5 nitrogen and oxygen atoms in total. The van der Waals surface area contributed by atoms with Gasteiger partial charge in [0, 0.05) is 18.5 Å². The average molecular weight is 631 g/mol. The number of alkyl halides is 6. The molecule has 0 unspecified atom stereocenters. The summed E-state index contributed by atoms with van der Waals surface area (Å²) in [6.45, 7) is 7.31. The number of hydrogen-bond donors (Lipinski definition) is 1. The zero-order valence-corrected chi connectivity index (χ0v) is 25.1. The molecule has 0 saturated heterocycles. The van der Waals surface area contributed by atoms with Crippen molar-refractivity contribution in [1.82, 2.24) is 4.98 Å². The number of hydrogen-bond acceptors (Lipinski definition) is 5. The average Bonchev–Trinajstić information content (AvgIpc) is 2.97. The highest BCUT2D eigenvalue weighted by Gasteiger charge is 2.32. The van der Waals surface area contributed by atoms with E-state index in [1.54, 1.807) is 39.0 Å². The van der Waals surface area contributed by atoms with Crippen molar-refractivity contribution >= 4 is 11.8 Å². The predicted molar refractivity (Wildman–Crippen MR) is 159 cm³/mol. The smallest absolute Gasteiger partial charge is 0.416 e. The summed E-state index contributed by atoms with van der Waals surface area (Å²) in [5.41, 5.74) is 1.06. The largest absolute Gasteiger partial charge is 0.476 e. The topological polar surface area (TPSA) is 60.5 Å². The van der Waals surface area contributed by atoms with Gasteiger partial charge in [0.2, 0.25) is 0 Å². The highest BCUT2D eigenvalue weighted by atomic mass is 19.4. The van der Waals surface area contributed by atoms with Crippen molar-refractivity contribution in [3.8, 4) is 17.0 Å². The Morgan fingerprint density at radius 1 is 0.800 bits per heavy atom. The maximum atomic E-state index is 13.1. The van der Waals surface area contributed by atoms with Crippen molar-refractivity contribution < 1.29 is 40.6 Å². The number of rotatable bonds is 10. The maximum Gasteiger partial charge on any atom is 0.416 e. The maximum absolute atomic E-state index is 13.1. The number of ether oxygens (including phenoxy) is 2. The Kier molecular flexibility index (Phi) is 9.79. The Balaban J connectivity index is 1.60. The number of carbonyl (C=O) groups is 1. The molecule has 0 atom stereocenters. The molecule has 3 aromatic carbocycles. The van der Waals surface area contributed by atoms with E-state index in [1.165, 1.54) is 24.3 Å². The molecule has 0 radical (unpaired) electrons. The van der Waals surface area contributed by atoms with Gasteiger partial charge in [-0.05, 0) is 86.3 Å². The molecule has 1 N–H and O–H groups in total. The fourth-order valence-electron chi connectivity index (χ4n) is 4.55. The summed E-state index contributed by atoms with van der Waals surface area (Å²) in [5.74, 6) is 0.436. The Morgan fingerprint density at radius 2 is 1.38 bits per heavy atom.